The van der Waals surface area contributed by atoms with Crippen molar-refractivity contribution < 1.29 is 29.0 Å². The Morgan fingerprint density at radius 1 is 1.22 bits per heavy atom. The van der Waals surface area contributed by atoms with Crippen molar-refractivity contribution in [3.8, 4) is 5.75 Å². The number of esters is 1. The van der Waals surface area contributed by atoms with Crippen molar-refractivity contribution in [3.05, 3.63) is 70.6 Å². The molecule has 1 atom stereocenters. The maximum atomic E-state index is 13.3. The van der Waals surface area contributed by atoms with Crippen LogP contribution in [-0.2, 0) is 14.3 Å². The van der Waals surface area contributed by atoms with Gasteiger partial charge in [0.05, 0.1) is 18.7 Å². The zero-order valence-corrected chi connectivity index (χ0v) is 21.4. The van der Waals surface area contributed by atoms with Crippen molar-refractivity contribution in [1.82, 2.24) is 14.8 Å². The Balaban J connectivity index is 2.14. The third kappa shape index (κ3) is 5.21. The molecule has 1 unspecified atom stereocenters. The fourth-order valence-corrected chi connectivity index (χ4v) is 4.46. The fraction of sp³-hybridized carbons (Fsp3) is 0.370. The molecular formula is C27H33N3O6. The van der Waals surface area contributed by atoms with Gasteiger partial charge in [0.1, 0.15) is 23.8 Å². The minimum Gasteiger partial charge on any atom is -0.507 e. The Labute approximate surface area is 211 Å². The van der Waals surface area contributed by atoms with Crippen molar-refractivity contribution in [2.24, 2.45) is 0 Å². The highest BCUT2D eigenvalue weighted by Crippen LogP contribution is 2.41. The third-order valence-corrected chi connectivity index (χ3v) is 6.17. The lowest BCUT2D eigenvalue weighted by atomic mass is 9.94. The van der Waals surface area contributed by atoms with E-state index in [9.17, 15) is 19.5 Å². The van der Waals surface area contributed by atoms with Crippen LogP contribution in [0.3, 0.4) is 0 Å². The van der Waals surface area contributed by atoms with E-state index in [1.54, 1.807) is 44.2 Å². The van der Waals surface area contributed by atoms with Gasteiger partial charge in [-0.3, -0.25) is 9.59 Å². The number of Topliss-reactive ketones (excluding diaryl/α,β-unsaturated/α-hetero) is 1. The summed E-state index contributed by atoms with van der Waals surface area (Å²) in [6.45, 7) is 8.37. The van der Waals surface area contributed by atoms with Crippen molar-refractivity contribution in [2.75, 3.05) is 40.9 Å². The van der Waals surface area contributed by atoms with Crippen LogP contribution in [0.2, 0.25) is 0 Å². The molecule has 2 N–H and O–H groups in total. The maximum absolute atomic E-state index is 13.3. The van der Waals surface area contributed by atoms with Crippen LogP contribution in [-0.4, -0.2) is 78.5 Å². The number of hydrogen-bond acceptors (Lipinski definition) is 7. The lowest BCUT2D eigenvalue weighted by molar-refractivity contribution is -0.139. The third-order valence-electron chi connectivity index (χ3n) is 6.17. The van der Waals surface area contributed by atoms with Gasteiger partial charge < -0.3 is 29.4 Å². The second-order valence-corrected chi connectivity index (χ2v) is 8.93. The number of aliphatic hydroxyl groups excluding tert-OH is 1. The van der Waals surface area contributed by atoms with Gasteiger partial charge in [0, 0.05) is 17.8 Å². The Hall–Kier alpha value is -3.85. The average molecular weight is 496 g/mol. The van der Waals surface area contributed by atoms with Gasteiger partial charge in [-0.25, -0.2) is 4.79 Å². The molecule has 9 nitrogen and oxygen atoms in total. The van der Waals surface area contributed by atoms with Gasteiger partial charge in [-0.05, 0) is 64.2 Å². The SMILES string of the molecule is C=CCOc1ccc(C2/C(=C(/O)c3c(C)[nH]c(C(=O)OC)c3C)C(=O)C(=O)N2CCCN(C)C)cc1. The number of carbonyl (C=O) groups excluding carboxylic acids is 3. The van der Waals surface area contributed by atoms with Crippen molar-refractivity contribution >= 4 is 23.4 Å². The minimum absolute atomic E-state index is 0.0220. The van der Waals surface area contributed by atoms with Crippen molar-refractivity contribution in [3.63, 3.8) is 0 Å². The number of aryl methyl sites for hydroxylation is 1. The van der Waals surface area contributed by atoms with E-state index < -0.39 is 23.7 Å². The number of nitrogens with zero attached hydrogens (tertiary/aromatic N) is 2. The van der Waals surface area contributed by atoms with E-state index in [0.29, 0.717) is 47.7 Å². The molecule has 1 aliphatic heterocycles. The van der Waals surface area contributed by atoms with Crippen molar-refractivity contribution in [1.29, 1.82) is 0 Å². The van der Waals surface area contributed by atoms with E-state index in [1.165, 1.54) is 12.0 Å². The molecule has 1 aromatic carbocycles. The molecule has 1 saturated heterocycles. The second-order valence-electron chi connectivity index (χ2n) is 8.93. The highest BCUT2D eigenvalue weighted by atomic mass is 16.5. The number of aliphatic hydroxyl groups is 1. The normalized spacial score (nSPS) is 17.1. The predicted molar refractivity (Wildman–Crippen MR) is 136 cm³/mol. The zero-order valence-electron chi connectivity index (χ0n) is 21.4. The summed E-state index contributed by atoms with van der Waals surface area (Å²) >= 11 is 0. The van der Waals surface area contributed by atoms with E-state index in [2.05, 4.69) is 11.6 Å². The summed E-state index contributed by atoms with van der Waals surface area (Å²) in [7, 11) is 5.13. The molecule has 0 saturated carbocycles. The first kappa shape index (κ1) is 26.7. The van der Waals surface area contributed by atoms with Gasteiger partial charge in [-0.15, -0.1) is 0 Å². The maximum Gasteiger partial charge on any atom is 0.354 e. The largest absolute Gasteiger partial charge is 0.507 e. The van der Waals surface area contributed by atoms with Crippen LogP contribution >= 0.6 is 0 Å². The van der Waals surface area contributed by atoms with Gasteiger partial charge in [0.15, 0.2) is 0 Å². The molecule has 0 aliphatic carbocycles. The summed E-state index contributed by atoms with van der Waals surface area (Å²) in [5.74, 6) is -1.75. The van der Waals surface area contributed by atoms with Gasteiger partial charge in [0.2, 0.25) is 0 Å². The number of rotatable bonds is 10. The van der Waals surface area contributed by atoms with E-state index in [-0.39, 0.29) is 17.0 Å². The number of likely N-dealkylation sites (tertiary alicyclic amines) is 1. The second kappa shape index (κ2) is 11.3. The van der Waals surface area contributed by atoms with Crippen LogP contribution in [0.4, 0.5) is 0 Å². The number of nitrogens with one attached hydrogen (secondary N) is 1. The summed E-state index contributed by atoms with van der Waals surface area (Å²) in [4.78, 5) is 45.0. The average Bonchev–Trinajstić information content (AvgIpc) is 3.29. The molecule has 1 aromatic heterocycles. The van der Waals surface area contributed by atoms with Crippen LogP contribution in [0.5, 0.6) is 5.75 Å². The number of carbonyl (C=O) groups is 3. The highest BCUT2D eigenvalue weighted by molar-refractivity contribution is 6.46. The van der Waals surface area contributed by atoms with Gasteiger partial charge in [0.25, 0.3) is 11.7 Å². The quantitative estimate of drug-likeness (QED) is 0.171. The fourth-order valence-electron chi connectivity index (χ4n) is 4.46. The number of H-pyrrole nitrogens is 1. The molecule has 0 radical (unpaired) electrons. The Morgan fingerprint density at radius 2 is 1.89 bits per heavy atom. The summed E-state index contributed by atoms with van der Waals surface area (Å²) in [6, 6.07) is 6.26. The zero-order chi connectivity index (χ0) is 26.6. The summed E-state index contributed by atoms with van der Waals surface area (Å²) in [6.07, 6.45) is 2.28. The molecule has 36 heavy (non-hydrogen) atoms. The van der Waals surface area contributed by atoms with Crippen LogP contribution in [0, 0.1) is 13.8 Å². The number of hydrogen-bond donors (Lipinski definition) is 2. The van der Waals surface area contributed by atoms with Gasteiger partial charge in [-0.1, -0.05) is 24.8 Å². The molecule has 9 heteroatoms. The Kier molecular flexibility index (Phi) is 8.37. The van der Waals surface area contributed by atoms with Crippen LogP contribution in [0.15, 0.2) is 42.5 Å². The number of aromatic amines is 1. The first-order valence-electron chi connectivity index (χ1n) is 11.7. The van der Waals surface area contributed by atoms with Gasteiger partial charge in [-0.2, -0.15) is 0 Å². The number of benzene rings is 1. The molecule has 2 aromatic rings. The lowest BCUT2D eigenvalue weighted by Crippen LogP contribution is -2.32. The molecule has 1 amide bonds. The van der Waals surface area contributed by atoms with E-state index in [1.807, 2.05) is 19.0 Å². The van der Waals surface area contributed by atoms with Crippen LogP contribution in [0.1, 0.15) is 45.3 Å². The predicted octanol–water partition coefficient (Wildman–Crippen LogP) is 3.36. The molecule has 0 bridgehead atoms. The summed E-state index contributed by atoms with van der Waals surface area (Å²) < 4.78 is 10.4. The lowest BCUT2D eigenvalue weighted by Gasteiger charge is -2.26. The minimum atomic E-state index is -0.795. The first-order chi connectivity index (χ1) is 17.1. The van der Waals surface area contributed by atoms with E-state index >= 15 is 0 Å². The molecule has 1 aliphatic rings. The number of ketones is 1. The van der Waals surface area contributed by atoms with Crippen molar-refractivity contribution in [2.45, 2.75) is 26.3 Å². The molecule has 192 valence electrons. The number of ether oxygens (including phenoxy) is 2. The number of methoxy groups -OCH3 is 1. The highest BCUT2D eigenvalue weighted by Gasteiger charge is 2.46. The van der Waals surface area contributed by atoms with Crippen LogP contribution < -0.4 is 4.74 Å². The smallest absolute Gasteiger partial charge is 0.354 e. The monoisotopic (exact) mass is 495 g/mol. The topological polar surface area (TPSA) is 112 Å². The first-order valence-corrected chi connectivity index (χ1v) is 11.7. The molecule has 0 spiro atoms. The number of aromatic nitrogens is 1. The summed E-state index contributed by atoms with van der Waals surface area (Å²) in [5, 5.41) is 11.4. The molecule has 2 heterocycles. The Morgan fingerprint density at radius 3 is 2.47 bits per heavy atom. The molecule has 1 fully saturated rings. The van der Waals surface area contributed by atoms with Gasteiger partial charge >= 0.3 is 5.97 Å². The molecular weight excluding hydrogens is 462 g/mol. The molecule has 3 rings (SSSR count). The Bertz CT molecular complexity index is 1190. The summed E-state index contributed by atoms with van der Waals surface area (Å²) in [5.41, 5.74) is 2.03. The van der Waals surface area contributed by atoms with E-state index in [4.69, 9.17) is 9.47 Å². The standard InChI is InChI=1S/C27H33N3O6/c1-7-15-36-19-11-9-18(10-12-19)23-21(25(32)26(33)30(23)14-8-13-29(4)5)24(31)20-16(2)22(27(34)35-6)28-17(20)3/h7,9-12,23,28,31H,1,8,13-15H2,2-6H3/b24-21-. The number of amides is 1. The van der Waals surface area contributed by atoms with E-state index in [0.717, 1.165) is 6.54 Å². The van der Waals surface area contributed by atoms with Crippen LogP contribution in [0.25, 0.3) is 5.76 Å².